The summed E-state index contributed by atoms with van der Waals surface area (Å²) in [5.41, 5.74) is 1.69. The number of rotatable bonds is 4. The third-order valence-electron chi connectivity index (χ3n) is 3.52. The highest BCUT2D eigenvalue weighted by atomic mass is 16.1. The van der Waals surface area contributed by atoms with E-state index in [2.05, 4.69) is 11.4 Å². The summed E-state index contributed by atoms with van der Waals surface area (Å²) < 4.78 is 0. The highest BCUT2D eigenvalue weighted by molar-refractivity contribution is 5.76. The van der Waals surface area contributed by atoms with Crippen molar-refractivity contribution < 1.29 is 4.79 Å². The number of hydrogen-bond acceptors (Lipinski definition) is 2. The Hall–Kier alpha value is -1.82. The molecular weight excluding hydrogens is 224 g/mol. The van der Waals surface area contributed by atoms with Gasteiger partial charge in [0, 0.05) is 13.0 Å². The van der Waals surface area contributed by atoms with Gasteiger partial charge in [-0.25, -0.2) is 0 Å². The van der Waals surface area contributed by atoms with Gasteiger partial charge >= 0.3 is 0 Å². The Morgan fingerprint density at radius 2 is 1.94 bits per heavy atom. The van der Waals surface area contributed by atoms with Crippen LogP contribution in [-0.4, -0.2) is 5.91 Å². The molecule has 0 radical (unpaired) electrons. The van der Waals surface area contributed by atoms with E-state index < -0.39 is 0 Å². The van der Waals surface area contributed by atoms with Crippen molar-refractivity contribution in [2.24, 2.45) is 5.92 Å². The van der Waals surface area contributed by atoms with Crippen LogP contribution in [0.25, 0.3) is 0 Å². The Bertz CT molecular complexity index is 439. The summed E-state index contributed by atoms with van der Waals surface area (Å²) in [7, 11) is 0. The average Bonchev–Trinajstić information content (AvgIpc) is 2.90. The van der Waals surface area contributed by atoms with Crippen molar-refractivity contribution in [3.63, 3.8) is 0 Å². The first-order valence-electron chi connectivity index (χ1n) is 6.53. The predicted molar refractivity (Wildman–Crippen MR) is 69.6 cm³/mol. The van der Waals surface area contributed by atoms with Crippen molar-refractivity contribution in [2.75, 3.05) is 0 Å². The van der Waals surface area contributed by atoms with Gasteiger partial charge in [0.1, 0.15) is 0 Å². The van der Waals surface area contributed by atoms with Crippen LogP contribution in [0.3, 0.4) is 0 Å². The van der Waals surface area contributed by atoms with E-state index in [1.807, 2.05) is 12.1 Å². The van der Waals surface area contributed by atoms with Gasteiger partial charge in [0.05, 0.1) is 11.6 Å². The van der Waals surface area contributed by atoms with Crippen LogP contribution in [0, 0.1) is 17.2 Å². The molecular formula is C15H18N2O. The maximum atomic E-state index is 11.7. The number of benzene rings is 1. The molecule has 0 aromatic heterocycles. The second kappa shape index (κ2) is 6.20. The standard InChI is InChI=1S/C15H18N2O/c16-10-13-5-7-14(8-6-13)11-17-15(18)9-12-3-1-2-4-12/h5-8,12H,1-4,9,11H2,(H,17,18). The molecule has 1 saturated carbocycles. The summed E-state index contributed by atoms with van der Waals surface area (Å²) in [4.78, 5) is 11.7. The number of carbonyl (C=O) groups excluding carboxylic acids is 1. The summed E-state index contributed by atoms with van der Waals surface area (Å²) in [6.07, 6.45) is 5.60. The van der Waals surface area contributed by atoms with E-state index in [0.29, 0.717) is 24.4 Å². The van der Waals surface area contributed by atoms with E-state index in [1.54, 1.807) is 12.1 Å². The zero-order chi connectivity index (χ0) is 12.8. The van der Waals surface area contributed by atoms with Crippen LogP contribution in [0.2, 0.25) is 0 Å². The minimum Gasteiger partial charge on any atom is -0.352 e. The molecule has 0 atom stereocenters. The van der Waals surface area contributed by atoms with Gasteiger partial charge in [-0.2, -0.15) is 5.26 Å². The lowest BCUT2D eigenvalue weighted by Gasteiger charge is -2.09. The number of carbonyl (C=O) groups is 1. The summed E-state index contributed by atoms with van der Waals surface area (Å²) in [5, 5.41) is 11.6. The second-order valence-corrected chi connectivity index (χ2v) is 4.94. The minimum atomic E-state index is 0.145. The summed E-state index contributed by atoms with van der Waals surface area (Å²) in [6, 6.07) is 9.40. The average molecular weight is 242 g/mol. The normalized spacial score (nSPS) is 15.3. The second-order valence-electron chi connectivity index (χ2n) is 4.94. The van der Waals surface area contributed by atoms with Gasteiger partial charge in [0.2, 0.25) is 5.91 Å². The molecule has 3 heteroatoms. The predicted octanol–water partition coefficient (Wildman–Crippen LogP) is 2.75. The fourth-order valence-electron chi connectivity index (χ4n) is 2.45. The minimum absolute atomic E-state index is 0.145. The number of hydrogen-bond donors (Lipinski definition) is 1. The van der Waals surface area contributed by atoms with E-state index in [-0.39, 0.29) is 5.91 Å². The van der Waals surface area contributed by atoms with Crippen molar-refractivity contribution in [1.82, 2.24) is 5.32 Å². The molecule has 0 heterocycles. The van der Waals surface area contributed by atoms with Crippen LogP contribution >= 0.6 is 0 Å². The molecule has 3 nitrogen and oxygen atoms in total. The molecule has 94 valence electrons. The highest BCUT2D eigenvalue weighted by Crippen LogP contribution is 2.27. The monoisotopic (exact) mass is 242 g/mol. The molecule has 18 heavy (non-hydrogen) atoms. The lowest BCUT2D eigenvalue weighted by atomic mass is 10.0. The molecule has 0 aliphatic heterocycles. The van der Waals surface area contributed by atoms with Crippen molar-refractivity contribution >= 4 is 5.91 Å². The Balaban J connectivity index is 1.76. The van der Waals surface area contributed by atoms with Gasteiger partial charge in [-0.3, -0.25) is 4.79 Å². The first-order valence-corrected chi connectivity index (χ1v) is 6.53. The summed E-state index contributed by atoms with van der Waals surface area (Å²) in [6.45, 7) is 0.553. The van der Waals surface area contributed by atoms with Crippen LogP contribution in [0.15, 0.2) is 24.3 Å². The van der Waals surface area contributed by atoms with Crippen LogP contribution in [0.1, 0.15) is 43.2 Å². The molecule has 0 bridgehead atoms. The zero-order valence-corrected chi connectivity index (χ0v) is 10.5. The Morgan fingerprint density at radius 3 is 2.56 bits per heavy atom. The SMILES string of the molecule is N#Cc1ccc(CNC(=O)CC2CCCC2)cc1. The first kappa shape index (κ1) is 12.6. The molecule has 1 aliphatic carbocycles. The lowest BCUT2D eigenvalue weighted by Crippen LogP contribution is -2.24. The lowest BCUT2D eigenvalue weighted by molar-refractivity contribution is -0.122. The van der Waals surface area contributed by atoms with E-state index in [9.17, 15) is 4.79 Å². The third-order valence-corrected chi connectivity index (χ3v) is 3.52. The molecule has 1 aromatic carbocycles. The van der Waals surface area contributed by atoms with E-state index in [1.165, 1.54) is 25.7 Å². The van der Waals surface area contributed by atoms with Gasteiger partial charge in [0.25, 0.3) is 0 Å². The van der Waals surface area contributed by atoms with Crippen LogP contribution in [0.4, 0.5) is 0 Å². The van der Waals surface area contributed by atoms with Gasteiger partial charge in [-0.1, -0.05) is 25.0 Å². The van der Waals surface area contributed by atoms with Crippen LogP contribution in [-0.2, 0) is 11.3 Å². The number of nitrogens with zero attached hydrogens (tertiary/aromatic N) is 1. The fraction of sp³-hybridized carbons (Fsp3) is 0.467. The smallest absolute Gasteiger partial charge is 0.220 e. The maximum absolute atomic E-state index is 11.7. The Labute approximate surface area is 108 Å². The van der Waals surface area contributed by atoms with E-state index in [0.717, 1.165) is 5.56 Å². The van der Waals surface area contributed by atoms with Crippen LogP contribution < -0.4 is 5.32 Å². The molecule has 1 N–H and O–H groups in total. The van der Waals surface area contributed by atoms with Crippen LogP contribution in [0.5, 0.6) is 0 Å². The topological polar surface area (TPSA) is 52.9 Å². The van der Waals surface area contributed by atoms with E-state index >= 15 is 0 Å². The highest BCUT2D eigenvalue weighted by Gasteiger charge is 2.17. The number of nitriles is 1. The largest absolute Gasteiger partial charge is 0.352 e. The number of nitrogens with one attached hydrogen (secondary N) is 1. The zero-order valence-electron chi connectivity index (χ0n) is 10.5. The molecule has 1 aromatic rings. The molecule has 0 saturated heterocycles. The third kappa shape index (κ3) is 3.59. The summed E-state index contributed by atoms with van der Waals surface area (Å²) in [5.74, 6) is 0.734. The fourth-order valence-corrected chi connectivity index (χ4v) is 2.45. The molecule has 0 unspecified atom stereocenters. The molecule has 1 aliphatic rings. The van der Waals surface area contributed by atoms with Crippen molar-refractivity contribution in [1.29, 1.82) is 5.26 Å². The van der Waals surface area contributed by atoms with Gasteiger partial charge < -0.3 is 5.32 Å². The quantitative estimate of drug-likeness (QED) is 0.882. The molecule has 0 spiro atoms. The van der Waals surface area contributed by atoms with Crippen molar-refractivity contribution in [3.8, 4) is 6.07 Å². The Morgan fingerprint density at radius 1 is 1.28 bits per heavy atom. The maximum Gasteiger partial charge on any atom is 0.220 e. The van der Waals surface area contributed by atoms with Crippen molar-refractivity contribution in [2.45, 2.75) is 38.6 Å². The van der Waals surface area contributed by atoms with Crippen molar-refractivity contribution in [3.05, 3.63) is 35.4 Å². The van der Waals surface area contributed by atoms with Gasteiger partial charge in [0.15, 0.2) is 0 Å². The van der Waals surface area contributed by atoms with Gasteiger partial charge in [-0.15, -0.1) is 0 Å². The number of amides is 1. The van der Waals surface area contributed by atoms with E-state index in [4.69, 9.17) is 5.26 Å². The molecule has 1 fully saturated rings. The van der Waals surface area contributed by atoms with Gasteiger partial charge in [-0.05, 0) is 36.5 Å². The Kier molecular flexibility index (Phi) is 4.35. The molecule has 1 amide bonds. The molecule has 2 rings (SSSR count). The first-order chi connectivity index (χ1) is 8.78. The summed E-state index contributed by atoms with van der Waals surface area (Å²) >= 11 is 0.